The van der Waals surface area contributed by atoms with E-state index in [0.29, 0.717) is 13.1 Å². The molecule has 0 aliphatic rings. The lowest BCUT2D eigenvalue weighted by atomic mass is 10.1. The highest BCUT2D eigenvalue weighted by molar-refractivity contribution is 5.48. The van der Waals surface area contributed by atoms with E-state index in [-0.39, 0.29) is 5.82 Å². The van der Waals surface area contributed by atoms with Crippen LogP contribution in [0.3, 0.4) is 0 Å². The third-order valence-electron chi connectivity index (χ3n) is 2.80. The minimum absolute atomic E-state index is 0.258. The van der Waals surface area contributed by atoms with Crippen LogP contribution >= 0.6 is 0 Å². The number of aryl methyl sites for hydroxylation is 1. The Morgan fingerprint density at radius 2 is 2.11 bits per heavy atom. The van der Waals surface area contributed by atoms with E-state index in [1.807, 2.05) is 31.3 Å². The minimum Gasteiger partial charge on any atom is -0.370 e. The summed E-state index contributed by atoms with van der Waals surface area (Å²) in [5.41, 5.74) is 8.24. The number of benzene rings is 1. The Morgan fingerprint density at radius 1 is 1.33 bits per heavy atom. The molecule has 0 radical (unpaired) electrons. The van der Waals surface area contributed by atoms with E-state index in [9.17, 15) is 4.39 Å². The number of aromatic nitrogens is 2. The number of halogens is 1. The maximum atomic E-state index is 13.4. The third-order valence-corrected chi connectivity index (χ3v) is 2.80. The second-order valence-corrected chi connectivity index (χ2v) is 4.40. The van der Waals surface area contributed by atoms with Crippen LogP contribution in [-0.4, -0.2) is 16.8 Å². The van der Waals surface area contributed by atoms with Gasteiger partial charge in [-0.2, -0.15) is 5.10 Å². The molecular formula is C13H17FN4. The SMILES string of the molecule is CN(Cc1cnn(C)c1)c1cc(F)cc(CN)c1. The number of nitrogens with zero attached hydrogens (tertiary/aromatic N) is 3. The lowest BCUT2D eigenvalue weighted by Crippen LogP contribution is -2.16. The second kappa shape index (κ2) is 5.18. The maximum Gasteiger partial charge on any atom is 0.125 e. The molecule has 96 valence electrons. The zero-order valence-corrected chi connectivity index (χ0v) is 10.6. The molecule has 0 unspecified atom stereocenters. The summed E-state index contributed by atoms with van der Waals surface area (Å²) in [5.74, 6) is -0.258. The second-order valence-electron chi connectivity index (χ2n) is 4.40. The molecule has 0 saturated carbocycles. The van der Waals surface area contributed by atoms with Gasteiger partial charge in [-0.05, 0) is 23.8 Å². The van der Waals surface area contributed by atoms with Crippen LogP contribution in [0.5, 0.6) is 0 Å². The fourth-order valence-corrected chi connectivity index (χ4v) is 1.89. The molecule has 0 bridgehead atoms. The summed E-state index contributed by atoms with van der Waals surface area (Å²) >= 11 is 0. The first-order chi connectivity index (χ1) is 8.58. The first-order valence-electron chi connectivity index (χ1n) is 5.76. The average molecular weight is 248 g/mol. The molecule has 4 nitrogen and oxygen atoms in total. The van der Waals surface area contributed by atoms with Crippen LogP contribution < -0.4 is 10.6 Å². The summed E-state index contributed by atoms with van der Waals surface area (Å²) in [7, 11) is 3.79. The van der Waals surface area contributed by atoms with Crippen molar-refractivity contribution in [3.05, 3.63) is 47.5 Å². The van der Waals surface area contributed by atoms with E-state index in [1.165, 1.54) is 12.1 Å². The van der Waals surface area contributed by atoms with Crippen molar-refractivity contribution in [3.8, 4) is 0 Å². The minimum atomic E-state index is -0.258. The normalized spacial score (nSPS) is 10.7. The van der Waals surface area contributed by atoms with Gasteiger partial charge in [-0.1, -0.05) is 0 Å². The number of nitrogens with two attached hydrogens (primary N) is 1. The van der Waals surface area contributed by atoms with E-state index >= 15 is 0 Å². The van der Waals surface area contributed by atoms with Crippen LogP contribution in [0.25, 0.3) is 0 Å². The van der Waals surface area contributed by atoms with Gasteiger partial charge < -0.3 is 10.6 Å². The molecule has 0 amide bonds. The molecule has 0 aliphatic heterocycles. The standard InChI is InChI=1S/C13H17FN4/c1-17(8-11-7-16-18(2)9-11)13-4-10(6-15)3-12(14)5-13/h3-5,7,9H,6,8,15H2,1-2H3. The van der Waals surface area contributed by atoms with Crippen molar-refractivity contribution in [2.24, 2.45) is 12.8 Å². The van der Waals surface area contributed by atoms with Crippen molar-refractivity contribution >= 4 is 5.69 Å². The Kier molecular flexibility index (Phi) is 3.62. The average Bonchev–Trinajstić information content (AvgIpc) is 2.73. The first kappa shape index (κ1) is 12.6. The van der Waals surface area contributed by atoms with E-state index < -0.39 is 0 Å². The zero-order valence-electron chi connectivity index (χ0n) is 10.6. The lowest BCUT2D eigenvalue weighted by Gasteiger charge is -2.19. The molecule has 0 aliphatic carbocycles. The highest BCUT2D eigenvalue weighted by Crippen LogP contribution is 2.19. The van der Waals surface area contributed by atoms with Crippen molar-refractivity contribution in [3.63, 3.8) is 0 Å². The highest BCUT2D eigenvalue weighted by atomic mass is 19.1. The van der Waals surface area contributed by atoms with E-state index in [0.717, 1.165) is 16.8 Å². The van der Waals surface area contributed by atoms with E-state index in [1.54, 1.807) is 10.9 Å². The van der Waals surface area contributed by atoms with Crippen LogP contribution in [-0.2, 0) is 20.1 Å². The Hall–Kier alpha value is -1.88. The zero-order chi connectivity index (χ0) is 13.1. The Bertz CT molecular complexity index is 536. The smallest absolute Gasteiger partial charge is 0.125 e. The molecule has 1 aromatic carbocycles. The topological polar surface area (TPSA) is 47.1 Å². The summed E-state index contributed by atoms with van der Waals surface area (Å²) in [6.07, 6.45) is 3.75. The van der Waals surface area contributed by atoms with Gasteiger partial charge in [0, 0.05) is 44.6 Å². The van der Waals surface area contributed by atoms with Crippen molar-refractivity contribution in [2.45, 2.75) is 13.1 Å². The Labute approximate surface area is 106 Å². The van der Waals surface area contributed by atoms with Crippen LogP contribution in [0.4, 0.5) is 10.1 Å². The van der Waals surface area contributed by atoms with Gasteiger partial charge in [0.1, 0.15) is 5.82 Å². The van der Waals surface area contributed by atoms with Crippen molar-refractivity contribution in [1.29, 1.82) is 0 Å². The number of hydrogen-bond donors (Lipinski definition) is 1. The molecular weight excluding hydrogens is 231 g/mol. The maximum absolute atomic E-state index is 13.4. The predicted molar refractivity (Wildman–Crippen MR) is 69.6 cm³/mol. The molecule has 0 fully saturated rings. The van der Waals surface area contributed by atoms with Crippen LogP contribution in [0.2, 0.25) is 0 Å². The molecule has 1 heterocycles. The van der Waals surface area contributed by atoms with Gasteiger partial charge in [0.2, 0.25) is 0 Å². The summed E-state index contributed by atoms with van der Waals surface area (Å²) in [6, 6.07) is 4.87. The Morgan fingerprint density at radius 3 is 2.72 bits per heavy atom. The van der Waals surface area contributed by atoms with Crippen molar-refractivity contribution in [2.75, 3.05) is 11.9 Å². The molecule has 1 aromatic heterocycles. The van der Waals surface area contributed by atoms with Crippen LogP contribution in [0, 0.1) is 5.82 Å². The third kappa shape index (κ3) is 2.87. The Balaban J connectivity index is 2.17. The van der Waals surface area contributed by atoms with Gasteiger partial charge in [0.15, 0.2) is 0 Å². The van der Waals surface area contributed by atoms with Gasteiger partial charge >= 0.3 is 0 Å². The number of anilines is 1. The molecule has 2 N–H and O–H groups in total. The van der Waals surface area contributed by atoms with Gasteiger partial charge in [-0.15, -0.1) is 0 Å². The number of hydrogen-bond acceptors (Lipinski definition) is 3. The summed E-state index contributed by atoms with van der Waals surface area (Å²) in [6.45, 7) is 1.02. The number of rotatable bonds is 4. The molecule has 0 atom stereocenters. The molecule has 2 rings (SSSR count). The molecule has 2 aromatic rings. The fraction of sp³-hybridized carbons (Fsp3) is 0.308. The van der Waals surface area contributed by atoms with Crippen LogP contribution in [0.15, 0.2) is 30.6 Å². The van der Waals surface area contributed by atoms with Gasteiger partial charge in [0.05, 0.1) is 6.20 Å². The monoisotopic (exact) mass is 248 g/mol. The lowest BCUT2D eigenvalue weighted by molar-refractivity contribution is 0.624. The molecule has 18 heavy (non-hydrogen) atoms. The summed E-state index contributed by atoms with van der Waals surface area (Å²) in [5, 5.41) is 4.11. The fourth-order valence-electron chi connectivity index (χ4n) is 1.89. The van der Waals surface area contributed by atoms with Crippen molar-refractivity contribution < 1.29 is 4.39 Å². The summed E-state index contributed by atoms with van der Waals surface area (Å²) in [4.78, 5) is 1.97. The molecule has 0 saturated heterocycles. The summed E-state index contributed by atoms with van der Waals surface area (Å²) < 4.78 is 15.2. The molecule has 5 heteroatoms. The van der Waals surface area contributed by atoms with Gasteiger partial charge in [-0.25, -0.2) is 4.39 Å². The van der Waals surface area contributed by atoms with Gasteiger partial charge in [0.25, 0.3) is 0 Å². The van der Waals surface area contributed by atoms with E-state index in [4.69, 9.17) is 5.73 Å². The molecule has 0 spiro atoms. The van der Waals surface area contributed by atoms with E-state index in [2.05, 4.69) is 5.10 Å². The largest absolute Gasteiger partial charge is 0.370 e. The predicted octanol–water partition coefficient (Wildman–Crippen LogP) is 1.65. The van der Waals surface area contributed by atoms with Gasteiger partial charge in [-0.3, -0.25) is 4.68 Å². The van der Waals surface area contributed by atoms with Crippen molar-refractivity contribution in [1.82, 2.24) is 9.78 Å². The first-order valence-corrected chi connectivity index (χ1v) is 5.76. The van der Waals surface area contributed by atoms with Crippen LogP contribution in [0.1, 0.15) is 11.1 Å². The quantitative estimate of drug-likeness (QED) is 0.895. The highest BCUT2D eigenvalue weighted by Gasteiger charge is 2.06.